The van der Waals surface area contributed by atoms with E-state index in [1.807, 2.05) is 68.4 Å². The van der Waals surface area contributed by atoms with Gasteiger partial charge in [-0.15, -0.1) is 0 Å². The van der Waals surface area contributed by atoms with E-state index in [0.717, 1.165) is 27.0 Å². The molecule has 0 saturated heterocycles. The van der Waals surface area contributed by atoms with Crippen LogP contribution in [0, 0.1) is 0 Å². The molecular weight excluding hydrogens is 582 g/mol. The summed E-state index contributed by atoms with van der Waals surface area (Å²) in [6.07, 6.45) is 1.79. The number of carbonyl (C=O) groups excluding carboxylic acids is 2. The molecule has 10 heteroatoms. The zero-order valence-electron chi connectivity index (χ0n) is 22.5. The fourth-order valence-electron chi connectivity index (χ4n) is 3.80. The van der Waals surface area contributed by atoms with Crippen LogP contribution in [0.3, 0.4) is 0 Å². The number of sulfonamides is 1. The highest BCUT2D eigenvalue weighted by molar-refractivity contribution is 9.10. The average molecular weight is 617 g/mol. The first-order chi connectivity index (χ1) is 18.5. The number of nitrogens with one attached hydrogen (secondary N) is 1. The Kier molecular flexibility index (Phi) is 10.5. The molecule has 3 aromatic carbocycles. The minimum absolute atomic E-state index is 0.0630. The van der Waals surface area contributed by atoms with Gasteiger partial charge in [0.1, 0.15) is 24.1 Å². The van der Waals surface area contributed by atoms with Crippen molar-refractivity contribution in [3.05, 3.63) is 88.9 Å². The van der Waals surface area contributed by atoms with Crippen molar-refractivity contribution in [1.82, 2.24) is 10.2 Å². The van der Waals surface area contributed by atoms with E-state index in [0.29, 0.717) is 17.2 Å². The monoisotopic (exact) mass is 615 g/mol. The fourth-order valence-corrected chi connectivity index (χ4v) is 5.10. The maximum atomic E-state index is 13.7. The molecule has 2 amide bonds. The molecule has 0 aliphatic carbocycles. The van der Waals surface area contributed by atoms with Crippen LogP contribution >= 0.6 is 15.9 Å². The Morgan fingerprint density at radius 3 is 2.18 bits per heavy atom. The summed E-state index contributed by atoms with van der Waals surface area (Å²) in [4.78, 5) is 28.1. The fraction of sp³-hybridized carbons (Fsp3) is 0.310. The lowest BCUT2D eigenvalue weighted by molar-refractivity contribution is -0.139. The first-order valence-electron chi connectivity index (χ1n) is 12.6. The summed E-state index contributed by atoms with van der Waals surface area (Å²) < 4.78 is 33.3. The minimum atomic E-state index is -3.83. The highest BCUT2D eigenvalue weighted by atomic mass is 79.9. The Hall–Kier alpha value is -3.37. The highest BCUT2D eigenvalue weighted by Crippen LogP contribution is 2.26. The van der Waals surface area contributed by atoms with E-state index in [4.69, 9.17) is 4.74 Å². The van der Waals surface area contributed by atoms with Gasteiger partial charge in [-0.05, 0) is 74.4 Å². The van der Waals surface area contributed by atoms with Gasteiger partial charge in [0.15, 0.2) is 0 Å². The van der Waals surface area contributed by atoms with Crippen molar-refractivity contribution in [3.63, 3.8) is 0 Å². The SMILES string of the molecule is CC[C@H](C)NC(=O)[C@H](C)N(Cc1cccc(Br)c1)C(=O)CN(c1ccc(Oc2ccccc2)cc1)S(C)(=O)=O. The number of ether oxygens (including phenoxy) is 1. The number of anilines is 1. The molecule has 0 aliphatic heterocycles. The lowest BCUT2D eigenvalue weighted by Crippen LogP contribution is -2.52. The zero-order chi connectivity index (χ0) is 28.6. The average Bonchev–Trinajstić information content (AvgIpc) is 2.90. The second-order valence-corrected chi connectivity index (χ2v) is 12.1. The first-order valence-corrected chi connectivity index (χ1v) is 15.3. The summed E-state index contributed by atoms with van der Waals surface area (Å²) in [5.74, 6) is 0.363. The van der Waals surface area contributed by atoms with Crippen LogP contribution in [0.2, 0.25) is 0 Å². The Labute approximate surface area is 239 Å². The number of para-hydroxylation sites is 1. The molecule has 1 N–H and O–H groups in total. The van der Waals surface area contributed by atoms with Crippen LogP contribution in [-0.2, 0) is 26.2 Å². The summed E-state index contributed by atoms with van der Waals surface area (Å²) in [6.45, 7) is 5.16. The molecule has 39 heavy (non-hydrogen) atoms. The van der Waals surface area contributed by atoms with Crippen LogP contribution < -0.4 is 14.4 Å². The van der Waals surface area contributed by atoms with Crippen LogP contribution in [0.1, 0.15) is 32.8 Å². The van der Waals surface area contributed by atoms with E-state index in [9.17, 15) is 18.0 Å². The molecule has 0 saturated carbocycles. The zero-order valence-corrected chi connectivity index (χ0v) is 24.9. The number of halogens is 1. The number of amides is 2. The molecule has 2 atom stereocenters. The van der Waals surface area contributed by atoms with E-state index in [1.54, 1.807) is 31.2 Å². The molecule has 0 aromatic heterocycles. The largest absolute Gasteiger partial charge is 0.457 e. The summed E-state index contributed by atoms with van der Waals surface area (Å²) in [5.41, 5.74) is 1.11. The Morgan fingerprint density at radius 1 is 0.949 bits per heavy atom. The lowest BCUT2D eigenvalue weighted by Gasteiger charge is -2.32. The third kappa shape index (κ3) is 8.83. The summed E-state index contributed by atoms with van der Waals surface area (Å²) in [7, 11) is -3.83. The van der Waals surface area contributed by atoms with Gasteiger partial charge < -0.3 is 15.0 Å². The number of carbonyl (C=O) groups is 2. The number of benzene rings is 3. The minimum Gasteiger partial charge on any atom is -0.457 e. The van der Waals surface area contributed by atoms with Crippen LogP contribution in [0.5, 0.6) is 11.5 Å². The quantitative estimate of drug-likeness (QED) is 0.297. The smallest absolute Gasteiger partial charge is 0.244 e. The van der Waals surface area contributed by atoms with E-state index in [-0.39, 0.29) is 18.5 Å². The molecule has 0 fully saturated rings. The molecule has 8 nitrogen and oxygen atoms in total. The normalized spacial score (nSPS) is 12.7. The van der Waals surface area contributed by atoms with Crippen molar-refractivity contribution in [1.29, 1.82) is 0 Å². The number of nitrogens with zero attached hydrogens (tertiary/aromatic N) is 2. The molecule has 0 unspecified atom stereocenters. The van der Waals surface area contributed by atoms with E-state index >= 15 is 0 Å². The van der Waals surface area contributed by atoms with Gasteiger partial charge in [0.2, 0.25) is 21.8 Å². The highest BCUT2D eigenvalue weighted by Gasteiger charge is 2.30. The predicted molar refractivity (Wildman–Crippen MR) is 157 cm³/mol. The Balaban J connectivity index is 1.86. The summed E-state index contributed by atoms with van der Waals surface area (Å²) in [5, 5.41) is 2.92. The van der Waals surface area contributed by atoms with Gasteiger partial charge >= 0.3 is 0 Å². The van der Waals surface area contributed by atoms with Crippen LogP contribution in [0.25, 0.3) is 0 Å². The first kappa shape index (κ1) is 30.2. The molecule has 3 aromatic rings. The van der Waals surface area contributed by atoms with Crippen molar-refractivity contribution in [2.45, 2.75) is 45.8 Å². The van der Waals surface area contributed by atoms with Gasteiger partial charge in [-0.1, -0.05) is 53.2 Å². The second-order valence-electron chi connectivity index (χ2n) is 9.32. The van der Waals surface area contributed by atoms with Crippen LogP contribution in [0.15, 0.2) is 83.3 Å². The topological polar surface area (TPSA) is 96.0 Å². The molecule has 0 aliphatic rings. The Bertz CT molecular complexity index is 1370. The van der Waals surface area contributed by atoms with Gasteiger partial charge in [-0.2, -0.15) is 0 Å². The van der Waals surface area contributed by atoms with Crippen molar-refractivity contribution in [2.24, 2.45) is 0 Å². The maximum absolute atomic E-state index is 13.7. The molecule has 0 bridgehead atoms. The van der Waals surface area contributed by atoms with Crippen LogP contribution in [0.4, 0.5) is 5.69 Å². The van der Waals surface area contributed by atoms with Gasteiger partial charge in [0.05, 0.1) is 11.9 Å². The van der Waals surface area contributed by atoms with E-state index in [2.05, 4.69) is 21.2 Å². The predicted octanol–water partition coefficient (Wildman–Crippen LogP) is 5.34. The molecule has 0 heterocycles. The van der Waals surface area contributed by atoms with Gasteiger partial charge in [0, 0.05) is 17.1 Å². The van der Waals surface area contributed by atoms with Crippen molar-refractivity contribution >= 4 is 43.5 Å². The van der Waals surface area contributed by atoms with E-state index < -0.39 is 28.5 Å². The van der Waals surface area contributed by atoms with Crippen molar-refractivity contribution in [2.75, 3.05) is 17.1 Å². The molecule has 0 spiro atoms. The lowest BCUT2D eigenvalue weighted by atomic mass is 10.1. The van der Waals surface area contributed by atoms with Gasteiger partial charge in [-0.25, -0.2) is 8.42 Å². The molecular formula is C29H34BrN3O5S. The third-order valence-corrected chi connectivity index (χ3v) is 7.83. The van der Waals surface area contributed by atoms with Gasteiger partial charge in [0.25, 0.3) is 0 Å². The van der Waals surface area contributed by atoms with Gasteiger partial charge in [-0.3, -0.25) is 13.9 Å². The number of rotatable bonds is 12. The summed E-state index contributed by atoms with van der Waals surface area (Å²) >= 11 is 3.44. The maximum Gasteiger partial charge on any atom is 0.244 e. The molecule has 208 valence electrons. The Morgan fingerprint density at radius 2 is 1.59 bits per heavy atom. The summed E-state index contributed by atoms with van der Waals surface area (Å²) in [6, 6.07) is 22.2. The number of hydrogen-bond acceptors (Lipinski definition) is 5. The molecule has 0 radical (unpaired) electrons. The van der Waals surface area contributed by atoms with E-state index in [1.165, 1.54) is 4.90 Å². The number of hydrogen-bond donors (Lipinski definition) is 1. The van der Waals surface area contributed by atoms with Crippen molar-refractivity contribution < 1.29 is 22.7 Å². The standard InChI is InChI=1S/C29H34BrN3O5S/c1-5-21(2)31-29(35)22(3)32(19-23-10-9-11-24(30)18-23)28(34)20-33(39(4,36)37)25-14-16-27(17-15-25)38-26-12-7-6-8-13-26/h6-18,21-22H,5,19-20H2,1-4H3,(H,31,35)/t21-,22-/m0/s1. The third-order valence-electron chi connectivity index (χ3n) is 6.19. The van der Waals surface area contributed by atoms with Crippen LogP contribution in [-0.4, -0.2) is 50.0 Å². The second kappa shape index (κ2) is 13.6. The molecule has 3 rings (SSSR count). The van der Waals surface area contributed by atoms with Crippen molar-refractivity contribution in [3.8, 4) is 11.5 Å².